The van der Waals surface area contributed by atoms with Gasteiger partial charge in [-0.3, -0.25) is 14.4 Å². The van der Waals surface area contributed by atoms with Gasteiger partial charge in [-0.05, 0) is 78.7 Å². The smallest absolute Gasteiger partial charge is 0.264 e. The Hall–Kier alpha value is -4.81. The number of aliphatic hydroxyl groups excluding tert-OH is 1. The van der Waals surface area contributed by atoms with Crippen molar-refractivity contribution in [2.24, 2.45) is 5.92 Å². The van der Waals surface area contributed by atoms with Crippen molar-refractivity contribution in [3.8, 4) is 5.75 Å². The highest BCUT2D eigenvalue weighted by atomic mass is 28.4. The maximum atomic E-state index is 14.9. The molecule has 3 aliphatic rings. The van der Waals surface area contributed by atoms with Crippen LogP contribution in [0.1, 0.15) is 46.0 Å². The van der Waals surface area contributed by atoms with E-state index in [0.717, 1.165) is 22.3 Å². The van der Waals surface area contributed by atoms with Crippen LogP contribution < -0.4 is 15.0 Å². The number of hydrogen-bond acceptors (Lipinski definition) is 7. The largest absolute Gasteiger partial charge is 0.497 e. The van der Waals surface area contributed by atoms with Gasteiger partial charge in [0.2, 0.25) is 5.91 Å². The van der Waals surface area contributed by atoms with Crippen molar-refractivity contribution in [3.63, 3.8) is 0 Å². The Morgan fingerprint density at radius 1 is 0.981 bits per heavy atom. The van der Waals surface area contributed by atoms with E-state index in [9.17, 15) is 24.3 Å². The molecule has 0 saturated carbocycles. The molecule has 270 valence electrons. The van der Waals surface area contributed by atoms with Crippen molar-refractivity contribution in [1.82, 2.24) is 4.90 Å². The molecule has 4 aromatic carbocycles. The summed E-state index contributed by atoms with van der Waals surface area (Å²) >= 11 is 0. The van der Waals surface area contributed by atoms with Gasteiger partial charge in [0.15, 0.2) is 13.9 Å². The minimum Gasteiger partial charge on any atom is -0.497 e. The first-order valence-electron chi connectivity index (χ1n) is 17.8. The molecule has 10 nitrogen and oxygen atoms in total. The van der Waals surface area contributed by atoms with Gasteiger partial charge in [-0.25, -0.2) is 0 Å². The number of amides is 3. The van der Waals surface area contributed by atoms with Gasteiger partial charge in [0.05, 0.1) is 44.5 Å². The average molecular weight is 720 g/mol. The molecule has 1 fully saturated rings. The van der Waals surface area contributed by atoms with Crippen LogP contribution in [0.25, 0.3) is 0 Å². The van der Waals surface area contributed by atoms with E-state index in [2.05, 4.69) is 5.32 Å². The third kappa shape index (κ3) is 6.32. The molecule has 11 heteroatoms. The van der Waals surface area contributed by atoms with Crippen LogP contribution in [0.5, 0.6) is 5.75 Å². The Morgan fingerprint density at radius 2 is 1.69 bits per heavy atom. The molecule has 52 heavy (non-hydrogen) atoms. The number of carbonyl (C=O) groups is 3. The molecule has 0 aliphatic carbocycles. The topological polar surface area (TPSA) is 129 Å². The van der Waals surface area contributed by atoms with Crippen molar-refractivity contribution in [3.05, 3.63) is 125 Å². The second-order valence-corrected chi connectivity index (χ2v) is 18.7. The summed E-state index contributed by atoms with van der Waals surface area (Å²) in [7, 11) is -1.44. The summed E-state index contributed by atoms with van der Waals surface area (Å²) in [5, 5.41) is 13.2. The number of rotatable bonds is 9. The Bertz CT molecular complexity index is 2000. The molecule has 3 aliphatic heterocycles. The summed E-state index contributed by atoms with van der Waals surface area (Å²) in [6.45, 7) is 6.09. The molecule has 0 bridgehead atoms. The third-order valence-electron chi connectivity index (χ3n) is 11.0. The molecule has 5 atom stereocenters. The van der Waals surface area contributed by atoms with Gasteiger partial charge < -0.3 is 34.5 Å². The molecule has 3 amide bonds. The number of para-hydroxylation sites is 1. The van der Waals surface area contributed by atoms with Crippen LogP contribution in [0.3, 0.4) is 0 Å². The number of hydrogen-bond donors (Lipinski definition) is 3. The first kappa shape index (κ1) is 35.6. The second-order valence-electron chi connectivity index (χ2n) is 14.7. The van der Waals surface area contributed by atoms with E-state index < -0.39 is 31.5 Å². The van der Waals surface area contributed by atoms with Crippen LogP contribution >= 0.6 is 0 Å². The molecular weight excluding hydrogens is 675 g/mol. The van der Waals surface area contributed by atoms with Crippen molar-refractivity contribution >= 4 is 37.4 Å². The fraction of sp³-hybridized carbons (Fsp3) is 0.341. The van der Waals surface area contributed by atoms with E-state index in [4.69, 9.17) is 9.47 Å². The number of benzene rings is 4. The van der Waals surface area contributed by atoms with E-state index in [1.165, 1.54) is 0 Å². The lowest BCUT2D eigenvalue weighted by atomic mass is 9.82. The SMILES string of the molecule is COc1ccc(C(=O)Nc2cccc(CN3C(=O)[C@@]4(O[C@@H](CC(=O)N5Cc6ccccc6C[C@H]5CO)[C@H]([Si](C)(C)O)[C@H]4C)c4ccccc43)c2)cc1. The Morgan fingerprint density at radius 3 is 2.40 bits per heavy atom. The fourth-order valence-electron chi connectivity index (χ4n) is 8.60. The van der Waals surface area contributed by atoms with Gasteiger partial charge in [-0.15, -0.1) is 0 Å². The van der Waals surface area contributed by atoms with Crippen molar-refractivity contribution < 1.29 is 33.8 Å². The highest BCUT2D eigenvalue weighted by Crippen LogP contribution is 2.59. The van der Waals surface area contributed by atoms with E-state index in [-0.39, 0.29) is 43.3 Å². The summed E-state index contributed by atoms with van der Waals surface area (Å²) in [5.74, 6) is -0.454. The number of anilines is 2. The Labute approximate surface area is 305 Å². The lowest BCUT2D eigenvalue weighted by Crippen LogP contribution is -2.48. The van der Waals surface area contributed by atoms with Gasteiger partial charge in [0.1, 0.15) is 5.75 Å². The highest BCUT2D eigenvalue weighted by molar-refractivity contribution is 6.71. The van der Waals surface area contributed by atoms with Crippen LogP contribution in [0, 0.1) is 5.92 Å². The Balaban J connectivity index is 1.15. The van der Waals surface area contributed by atoms with E-state index >= 15 is 0 Å². The molecule has 7 rings (SSSR count). The summed E-state index contributed by atoms with van der Waals surface area (Å²) < 4.78 is 12.1. The third-order valence-corrected chi connectivity index (χ3v) is 13.5. The van der Waals surface area contributed by atoms with E-state index in [0.29, 0.717) is 35.7 Å². The van der Waals surface area contributed by atoms with E-state index in [1.54, 1.807) is 47.2 Å². The average Bonchev–Trinajstić information content (AvgIpc) is 3.57. The highest BCUT2D eigenvalue weighted by Gasteiger charge is 2.66. The number of carbonyl (C=O) groups excluding carboxylic acids is 3. The van der Waals surface area contributed by atoms with Crippen LogP contribution in [0.4, 0.5) is 11.4 Å². The number of aliphatic hydroxyl groups is 1. The molecular formula is C41H45N3O7Si. The first-order chi connectivity index (χ1) is 24.9. The summed E-state index contributed by atoms with van der Waals surface area (Å²) in [6.07, 6.45) is -0.169. The molecule has 0 unspecified atom stereocenters. The lowest BCUT2D eigenvalue weighted by molar-refractivity contribution is -0.151. The van der Waals surface area contributed by atoms with Gasteiger partial charge in [0, 0.05) is 34.8 Å². The van der Waals surface area contributed by atoms with E-state index in [1.807, 2.05) is 86.7 Å². The summed E-state index contributed by atoms with van der Waals surface area (Å²) in [5.41, 5.74) is 3.66. The molecule has 0 radical (unpaired) electrons. The Kier molecular flexibility index (Phi) is 9.55. The zero-order valence-corrected chi connectivity index (χ0v) is 30.9. The number of ether oxygens (including phenoxy) is 2. The van der Waals surface area contributed by atoms with Gasteiger partial charge in [-0.2, -0.15) is 0 Å². The molecule has 1 saturated heterocycles. The summed E-state index contributed by atoms with van der Waals surface area (Å²) in [6, 6.07) is 29.4. The molecule has 3 N–H and O–H groups in total. The van der Waals surface area contributed by atoms with Crippen LogP contribution in [0.15, 0.2) is 97.1 Å². The fourth-order valence-corrected chi connectivity index (χ4v) is 11.2. The lowest BCUT2D eigenvalue weighted by Gasteiger charge is -2.37. The monoisotopic (exact) mass is 719 g/mol. The molecule has 1 spiro atoms. The van der Waals surface area contributed by atoms with Crippen molar-refractivity contribution in [1.29, 1.82) is 0 Å². The molecule has 4 aromatic rings. The van der Waals surface area contributed by atoms with Crippen LogP contribution in [-0.2, 0) is 39.4 Å². The standard InChI is InChI=1S/C41H45N3O7Si/c1-26-38(52(3,4)49)36(22-37(46)43-24-30-12-6-5-11-29(30)21-32(43)25-45)51-41(26)34-14-7-8-15-35(34)44(40(41)48)23-27-10-9-13-31(20-27)42-39(47)28-16-18-33(50-2)19-17-28/h5-20,26,32,36,38,45,49H,21-25H2,1-4H3,(H,42,47)/t26-,32+,36+,38-,41+/m1/s1. The van der Waals surface area contributed by atoms with Crippen molar-refractivity contribution in [2.45, 2.75) is 69.2 Å². The normalized spacial score (nSPS) is 23.8. The quantitative estimate of drug-likeness (QED) is 0.192. The molecule has 0 aromatic heterocycles. The number of methoxy groups -OCH3 is 1. The first-order valence-corrected chi connectivity index (χ1v) is 20.8. The number of nitrogens with one attached hydrogen (secondary N) is 1. The minimum absolute atomic E-state index is 0.0161. The number of nitrogens with zero attached hydrogens (tertiary/aromatic N) is 2. The zero-order valence-electron chi connectivity index (χ0n) is 29.9. The maximum Gasteiger partial charge on any atom is 0.264 e. The van der Waals surface area contributed by atoms with Gasteiger partial charge in [-0.1, -0.05) is 61.5 Å². The predicted octanol–water partition coefficient (Wildman–Crippen LogP) is 5.63. The van der Waals surface area contributed by atoms with Gasteiger partial charge in [0.25, 0.3) is 11.8 Å². The summed E-state index contributed by atoms with van der Waals surface area (Å²) in [4.78, 5) is 57.2. The van der Waals surface area contributed by atoms with Gasteiger partial charge >= 0.3 is 0 Å². The predicted molar refractivity (Wildman–Crippen MR) is 200 cm³/mol. The minimum atomic E-state index is -3.01. The molecule has 3 heterocycles. The van der Waals surface area contributed by atoms with Crippen molar-refractivity contribution in [2.75, 3.05) is 23.9 Å². The zero-order chi connectivity index (χ0) is 36.8. The number of fused-ring (bicyclic) bond motifs is 3. The maximum absolute atomic E-state index is 14.9. The van der Waals surface area contributed by atoms with Crippen LogP contribution in [-0.4, -0.2) is 66.7 Å². The second kappa shape index (κ2) is 14.0. The van der Waals surface area contributed by atoms with Crippen LogP contribution in [0.2, 0.25) is 18.6 Å².